The quantitative estimate of drug-likeness (QED) is 0.286. The Balaban J connectivity index is 0.00000181. The number of nitrogens with one attached hydrogen (secondary N) is 1. The first-order valence-electron chi connectivity index (χ1n) is 14.1. The molecule has 2 aliphatic rings. The van der Waals surface area contributed by atoms with E-state index in [4.69, 9.17) is 28.2 Å². The summed E-state index contributed by atoms with van der Waals surface area (Å²) in [6.45, 7) is 10.6. The summed E-state index contributed by atoms with van der Waals surface area (Å²) >= 11 is 12.6. The number of carbonyl (C=O) groups is 1. The fraction of sp³-hybridized carbons (Fsp3) is 0.419. The Morgan fingerprint density at radius 3 is 2.75 bits per heavy atom. The number of imidazole rings is 1. The van der Waals surface area contributed by atoms with Crippen molar-refractivity contribution in [1.82, 2.24) is 29.7 Å². The Hall–Kier alpha value is -3.00. The summed E-state index contributed by atoms with van der Waals surface area (Å²) in [7, 11) is 0. The number of aromatic nitrogens is 4. The minimum atomic E-state index is -0.131. The van der Waals surface area contributed by atoms with Crippen LogP contribution in [-0.4, -0.2) is 55.3 Å². The Morgan fingerprint density at radius 1 is 1.18 bits per heavy atom. The fourth-order valence-electron chi connectivity index (χ4n) is 5.65. The number of hydrogen-bond donors (Lipinski definition) is 1. The van der Waals surface area contributed by atoms with Gasteiger partial charge in [-0.1, -0.05) is 61.8 Å². The standard InChI is InChI=1S/C29H32Cl2N6O.C2H6/c1-2-3-10-22-14-34-26(35-22)19-37(25-11-4-8-21-9-5-12-33-28(21)25)18-20-7-6-13-36(17-20)29(38)27-23(30)15-32-16-24(27)31;1-2/h2-3,5,9-10,12,14-16,20,25H,1,4,6-8,11,13,17-19H2,(H,34,35);1-2H3/b10-3-;. The molecule has 1 fully saturated rings. The highest BCUT2D eigenvalue weighted by molar-refractivity contribution is 6.39. The van der Waals surface area contributed by atoms with Crippen LogP contribution in [0.15, 0.2) is 55.7 Å². The third-order valence-electron chi connectivity index (χ3n) is 7.39. The van der Waals surface area contributed by atoms with Crippen LogP contribution in [0.25, 0.3) is 6.08 Å². The molecular formula is C31H38Cl2N6O. The lowest BCUT2D eigenvalue weighted by molar-refractivity contribution is 0.0589. The lowest BCUT2D eigenvalue weighted by atomic mass is 9.89. The van der Waals surface area contributed by atoms with Crippen LogP contribution in [0.1, 0.15) is 78.7 Å². The van der Waals surface area contributed by atoms with Gasteiger partial charge in [-0.25, -0.2) is 4.98 Å². The number of hydrogen-bond acceptors (Lipinski definition) is 5. The SMILES string of the molecule is C=C/C=C\c1cnc(CN(CC2CCCN(C(=O)c3c(Cl)cncc3Cl)C2)C2CCCc3cccnc32)[nH]1.CC. The van der Waals surface area contributed by atoms with Gasteiger partial charge in [-0.2, -0.15) is 0 Å². The van der Waals surface area contributed by atoms with Gasteiger partial charge in [0.05, 0.1) is 45.8 Å². The second-order valence-corrected chi connectivity index (χ2v) is 10.8. The molecule has 5 rings (SSSR count). The molecule has 7 nitrogen and oxygen atoms in total. The molecule has 0 bridgehead atoms. The van der Waals surface area contributed by atoms with Gasteiger partial charge in [0.25, 0.3) is 5.91 Å². The van der Waals surface area contributed by atoms with E-state index < -0.39 is 0 Å². The maximum Gasteiger partial charge on any atom is 0.257 e. The number of nitrogens with zero attached hydrogens (tertiary/aromatic N) is 5. The number of rotatable bonds is 8. The fourth-order valence-corrected chi connectivity index (χ4v) is 6.18. The van der Waals surface area contributed by atoms with E-state index in [1.807, 2.05) is 49.4 Å². The van der Waals surface area contributed by atoms with E-state index in [0.29, 0.717) is 31.1 Å². The molecule has 1 aliphatic carbocycles. The van der Waals surface area contributed by atoms with Gasteiger partial charge in [0.2, 0.25) is 0 Å². The maximum atomic E-state index is 13.4. The number of piperidine rings is 1. The highest BCUT2D eigenvalue weighted by Gasteiger charge is 2.33. The molecule has 3 aromatic heterocycles. The highest BCUT2D eigenvalue weighted by Crippen LogP contribution is 2.35. The lowest BCUT2D eigenvalue weighted by Crippen LogP contribution is -2.45. The zero-order valence-electron chi connectivity index (χ0n) is 23.3. The van der Waals surface area contributed by atoms with Crippen molar-refractivity contribution in [2.24, 2.45) is 5.92 Å². The molecule has 2 unspecified atom stereocenters. The molecule has 0 radical (unpaired) electrons. The number of pyridine rings is 2. The van der Waals surface area contributed by atoms with Gasteiger partial charge in [0.15, 0.2) is 0 Å². The first kappa shape index (κ1) is 30.0. The van der Waals surface area contributed by atoms with Crippen LogP contribution in [-0.2, 0) is 13.0 Å². The van der Waals surface area contributed by atoms with E-state index in [-0.39, 0.29) is 22.0 Å². The zero-order valence-corrected chi connectivity index (χ0v) is 24.8. The van der Waals surface area contributed by atoms with Crippen molar-refractivity contribution in [3.05, 3.63) is 94.0 Å². The maximum absolute atomic E-state index is 13.4. The van der Waals surface area contributed by atoms with E-state index >= 15 is 0 Å². The second kappa shape index (κ2) is 14.6. The van der Waals surface area contributed by atoms with Crippen LogP contribution in [0.2, 0.25) is 10.0 Å². The number of carbonyl (C=O) groups excluding carboxylic acids is 1. The van der Waals surface area contributed by atoms with Crippen LogP contribution in [0.5, 0.6) is 0 Å². The molecule has 2 atom stereocenters. The van der Waals surface area contributed by atoms with Crippen LogP contribution < -0.4 is 0 Å². The van der Waals surface area contributed by atoms with Crippen LogP contribution in [0.4, 0.5) is 0 Å². The number of likely N-dealkylation sites (tertiary alicyclic amines) is 1. The summed E-state index contributed by atoms with van der Waals surface area (Å²) < 4.78 is 0. The van der Waals surface area contributed by atoms with Crippen molar-refractivity contribution in [3.8, 4) is 0 Å². The van der Waals surface area contributed by atoms with Crippen LogP contribution in [0, 0.1) is 5.92 Å². The van der Waals surface area contributed by atoms with Gasteiger partial charge in [0, 0.05) is 38.2 Å². The third kappa shape index (κ3) is 7.19. The zero-order chi connectivity index (χ0) is 28.5. The number of fused-ring (bicyclic) bond motifs is 1. The first-order valence-corrected chi connectivity index (χ1v) is 14.9. The number of aromatic amines is 1. The molecule has 4 heterocycles. The minimum Gasteiger partial charge on any atom is -0.341 e. The van der Waals surface area contributed by atoms with Gasteiger partial charge in [0.1, 0.15) is 5.82 Å². The van der Waals surface area contributed by atoms with Gasteiger partial charge in [-0.15, -0.1) is 0 Å². The number of H-pyrrole nitrogens is 1. The van der Waals surface area contributed by atoms with Crippen molar-refractivity contribution in [1.29, 1.82) is 0 Å². The van der Waals surface area contributed by atoms with Crippen LogP contribution >= 0.6 is 23.2 Å². The summed E-state index contributed by atoms with van der Waals surface area (Å²) in [4.78, 5) is 34.7. The van der Waals surface area contributed by atoms with E-state index in [0.717, 1.165) is 55.9 Å². The highest BCUT2D eigenvalue weighted by atomic mass is 35.5. The van der Waals surface area contributed by atoms with E-state index in [1.165, 1.54) is 18.0 Å². The van der Waals surface area contributed by atoms with Gasteiger partial charge in [-0.3, -0.25) is 19.7 Å². The van der Waals surface area contributed by atoms with Crippen molar-refractivity contribution in [2.75, 3.05) is 19.6 Å². The largest absolute Gasteiger partial charge is 0.341 e. The number of aryl methyl sites for hydroxylation is 1. The molecule has 1 aliphatic heterocycles. The summed E-state index contributed by atoms with van der Waals surface area (Å²) in [5, 5.41) is 0.575. The lowest BCUT2D eigenvalue weighted by Gasteiger charge is -2.40. The van der Waals surface area contributed by atoms with Crippen molar-refractivity contribution in [3.63, 3.8) is 0 Å². The second-order valence-electron chi connectivity index (χ2n) is 10.0. The van der Waals surface area contributed by atoms with Crippen LogP contribution in [0.3, 0.4) is 0 Å². The van der Waals surface area contributed by atoms with E-state index in [2.05, 4.69) is 32.5 Å². The van der Waals surface area contributed by atoms with Gasteiger partial charge >= 0.3 is 0 Å². The number of halogens is 2. The summed E-state index contributed by atoms with van der Waals surface area (Å²) in [6.07, 6.45) is 17.5. The Labute approximate surface area is 247 Å². The number of amides is 1. The van der Waals surface area contributed by atoms with Crippen molar-refractivity contribution < 1.29 is 4.79 Å². The molecule has 1 saturated heterocycles. The molecule has 9 heteroatoms. The van der Waals surface area contributed by atoms with E-state index in [1.54, 1.807) is 6.08 Å². The third-order valence-corrected chi connectivity index (χ3v) is 7.96. The predicted octanol–water partition coefficient (Wildman–Crippen LogP) is 7.16. The average molecular weight is 582 g/mol. The Morgan fingerprint density at radius 2 is 1.98 bits per heavy atom. The first-order chi connectivity index (χ1) is 19.5. The molecule has 0 aromatic carbocycles. The molecule has 0 saturated carbocycles. The topological polar surface area (TPSA) is 78.0 Å². The van der Waals surface area contributed by atoms with Crippen molar-refractivity contribution in [2.45, 2.75) is 58.5 Å². The molecule has 40 heavy (non-hydrogen) atoms. The monoisotopic (exact) mass is 580 g/mol. The molecule has 3 aromatic rings. The molecule has 212 valence electrons. The molecular weight excluding hydrogens is 543 g/mol. The predicted molar refractivity (Wildman–Crippen MR) is 162 cm³/mol. The minimum absolute atomic E-state index is 0.131. The summed E-state index contributed by atoms with van der Waals surface area (Å²) in [5.74, 6) is 1.08. The summed E-state index contributed by atoms with van der Waals surface area (Å²) in [5.41, 5.74) is 3.77. The Bertz CT molecular complexity index is 1300. The Kier molecular flexibility index (Phi) is 10.9. The molecule has 0 spiro atoms. The smallest absolute Gasteiger partial charge is 0.257 e. The normalized spacial score (nSPS) is 18.8. The molecule has 1 amide bonds. The van der Waals surface area contributed by atoms with Gasteiger partial charge < -0.3 is 9.88 Å². The number of allylic oxidation sites excluding steroid dienone is 2. The van der Waals surface area contributed by atoms with E-state index in [9.17, 15) is 4.79 Å². The van der Waals surface area contributed by atoms with Gasteiger partial charge in [-0.05, 0) is 55.7 Å². The summed E-state index contributed by atoms with van der Waals surface area (Å²) in [6, 6.07) is 4.42. The average Bonchev–Trinajstić information content (AvgIpc) is 3.43. The molecule has 1 N–H and O–H groups in total. The van der Waals surface area contributed by atoms with Crippen molar-refractivity contribution >= 4 is 35.2 Å².